The summed E-state index contributed by atoms with van der Waals surface area (Å²) in [5, 5.41) is 3.07. The standard InChI is InChI=1S/C12H16F3NO/c1-2-6-16-7-9-4-3-5-10(13)12(9)17-8-11(14)15/h3-5,11,16H,2,6-8H2,1H3. The van der Waals surface area contributed by atoms with Gasteiger partial charge in [-0.25, -0.2) is 13.2 Å². The van der Waals surface area contributed by atoms with Gasteiger partial charge in [0.1, 0.15) is 6.61 Å². The van der Waals surface area contributed by atoms with Crippen LogP contribution in [-0.4, -0.2) is 19.6 Å². The molecule has 0 aliphatic carbocycles. The fourth-order valence-electron chi connectivity index (χ4n) is 1.40. The molecule has 0 aliphatic rings. The Balaban J connectivity index is 2.69. The van der Waals surface area contributed by atoms with Crippen molar-refractivity contribution in [3.8, 4) is 5.75 Å². The highest BCUT2D eigenvalue weighted by Gasteiger charge is 2.12. The number of alkyl halides is 2. The summed E-state index contributed by atoms with van der Waals surface area (Å²) in [6.45, 7) is 2.41. The van der Waals surface area contributed by atoms with Crippen molar-refractivity contribution in [3.63, 3.8) is 0 Å². The van der Waals surface area contributed by atoms with Gasteiger partial charge in [-0.1, -0.05) is 19.1 Å². The predicted molar refractivity (Wildman–Crippen MR) is 59.9 cm³/mol. The first-order valence-electron chi connectivity index (χ1n) is 5.54. The van der Waals surface area contributed by atoms with Crippen LogP contribution < -0.4 is 10.1 Å². The molecule has 0 heterocycles. The second kappa shape index (κ2) is 7.17. The van der Waals surface area contributed by atoms with E-state index in [2.05, 4.69) is 5.32 Å². The summed E-state index contributed by atoms with van der Waals surface area (Å²) in [6.07, 6.45) is -1.66. The molecule has 0 spiro atoms. The first-order valence-corrected chi connectivity index (χ1v) is 5.54. The molecule has 0 bridgehead atoms. The summed E-state index contributed by atoms with van der Waals surface area (Å²) < 4.78 is 42.3. The van der Waals surface area contributed by atoms with Crippen molar-refractivity contribution in [2.45, 2.75) is 26.3 Å². The first-order chi connectivity index (χ1) is 8.15. The van der Waals surface area contributed by atoms with E-state index in [1.165, 1.54) is 12.1 Å². The topological polar surface area (TPSA) is 21.3 Å². The van der Waals surface area contributed by atoms with Gasteiger partial charge in [0.05, 0.1) is 0 Å². The quantitative estimate of drug-likeness (QED) is 0.748. The van der Waals surface area contributed by atoms with Crippen LogP contribution in [0.5, 0.6) is 5.75 Å². The molecular weight excluding hydrogens is 231 g/mol. The number of para-hydroxylation sites is 1. The Kier molecular flexibility index (Phi) is 5.83. The maximum atomic E-state index is 13.4. The van der Waals surface area contributed by atoms with E-state index in [1.54, 1.807) is 6.07 Å². The summed E-state index contributed by atoms with van der Waals surface area (Å²) in [4.78, 5) is 0. The van der Waals surface area contributed by atoms with Crippen molar-refractivity contribution in [2.75, 3.05) is 13.2 Å². The van der Waals surface area contributed by atoms with Crippen LogP contribution in [0.3, 0.4) is 0 Å². The van der Waals surface area contributed by atoms with Crippen LogP contribution in [0.1, 0.15) is 18.9 Å². The number of halogens is 3. The summed E-state index contributed by atoms with van der Waals surface area (Å²) in [7, 11) is 0. The van der Waals surface area contributed by atoms with Crippen LogP contribution in [0, 0.1) is 5.82 Å². The van der Waals surface area contributed by atoms with Crippen LogP contribution in [0.25, 0.3) is 0 Å². The Morgan fingerprint density at radius 3 is 2.76 bits per heavy atom. The first kappa shape index (κ1) is 13.8. The van der Waals surface area contributed by atoms with Crippen molar-refractivity contribution in [1.82, 2.24) is 5.32 Å². The normalized spacial score (nSPS) is 10.9. The van der Waals surface area contributed by atoms with Crippen LogP contribution in [-0.2, 0) is 6.54 Å². The Bertz CT molecular complexity index is 345. The second-order valence-electron chi connectivity index (χ2n) is 3.61. The third kappa shape index (κ3) is 4.65. The lowest BCUT2D eigenvalue weighted by molar-refractivity contribution is 0.0793. The summed E-state index contributed by atoms with van der Waals surface area (Å²) >= 11 is 0. The Labute approximate surface area is 98.8 Å². The monoisotopic (exact) mass is 247 g/mol. The maximum absolute atomic E-state index is 13.4. The molecule has 0 unspecified atom stereocenters. The minimum Gasteiger partial charge on any atom is -0.484 e. The molecule has 0 aliphatic heterocycles. The highest BCUT2D eigenvalue weighted by atomic mass is 19.3. The van der Waals surface area contributed by atoms with E-state index in [4.69, 9.17) is 4.74 Å². The Hall–Kier alpha value is -1.23. The number of benzene rings is 1. The molecule has 0 radical (unpaired) electrons. The van der Waals surface area contributed by atoms with Gasteiger partial charge >= 0.3 is 0 Å². The fraction of sp³-hybridized carbons (Fsp3) is 0.500. The molecule has 0 fully saturated rings. The summed E-state index contributed by atoms with van der Waals surface area (Å²) in [6, 6.07) is 4.39. The molecule has 1 rings (SSSR count). The van der Waals surface area contributed by atoms with Gasteiger partial charge in [-0.2, -0.15) is 0 Å². The van der Waals surface area contributed by atoms with Gasteiger partial charge in [-0.05, 0) is 19.0 Å². The molecule has 0 atom stereocenters. The number of rotatable bonds is 7. The van der Waals surface area contributed by atoms with Crippen LogP contribution in [0.15, 0.2) is 18.2 Å². The molecule has 0 saturated heterocycles. The number of nitrogens with one attached hydrogen (secondary N) is 1. The molecule has 1 aromatic rings. The average Bonchev–Trinajstić information content (AvgIpc) is 2.28. The number of hydrogen-bond acceptors (Lipinski definition) is 2. The van der Waals surface area contributed by atoms with Crippen molar-refractivity contribution >= 4 is 0 Å². The van der Waals surface area contributed by atoms with E-state index < -0.39 is 18.8 Å². The van der Waals surface area contributed by atoms with Crippen molar-refractivity contribution in [1.29, 1.82) is 0 Å². The van der Waals surface area contributed by atoms with Gasteiger partial charge in [-0.3, -0.25) is 0 Å². The van der Waals surface area contributed by atoms with E-state index in [1.807, 2.05) is 6.92 Å². The van der Waals surface area contributed by atoms with E-state index in [0.29, 0.717) is 12.1 Å². The molecule has 17 heavy (non-hydrogen) atoms. The van der Waals surface area contributed by atoms with Crippen LogP contribution in [0.2, 0.25) is 0 Å². The average molecular weight is 247 g/mol. The molecule has 0 aromatic heterocycles. The summed E-state index contributed by atoms with van der Waals surface area (Å²) in [5.41, 5.74) is 0.555. The maximum Gasteiger partial charge on any atom is 0.272 e. The van der Waals surface area contributed by atoms with Gasteiger partial charge in [0.15, 0.2) is 11.6 Å². The van der Waals surface area contributed by atoms with E-state index in [9.17, 15) is 13.2 Å². The minimum absolute atomic E-state index is 0.0867. The minimum atomic E-state index is -2.61. The van der Waals surface area contributed by atoms with E-state index in [-0.39, 0.29) is 5.75 Å². The predicted octanol–water partition coefficient (Wildman–Crippen LogP) is 2.97. The zero-order valence-corrected chi connectivity index (χ0v) is 9.68. The Morgan fingerprint density at radius 2 is 2.12 bits per heavy atom. The van der Waals surface area contributed by atoms with Crippen LogP contribution >= 0.6 is 0 Å². The third-order valence-corrected chi connectivity index (χ3v) is 2.14. The molecule has 0 saturated carbocycles. The molecular formula is C12H16F3NO. The number of hydrogen-bond donors (Lipinski definition) is 1. The van der Waals surface area contributed by atoms with Crippen molar-refractivity contribution in [3.05, 3.63) is 29.6 Å². The van der Waals surface area contributed by atoms with Gasteiger partial charge in [0.2, 0.25) is 0 Å². The van der Waals surface area contributed by atoms with Gasteiger partial charge in [0.25, 0.3) is 6.43 Å². The number of ether oxygens (including phenoxy) is 1. The van der Waals surface area contributed by atoms with Crippen LogP contribution in [0.4, 0.5) is 13.2 Å². The SMILES string of the molecule is CCCNCc1cccc(F)c1OCC(F)F. The molecule has 5 heteroatoms. The lowest BCUT2D eigenvalue weighted by Crippen LogP contribution is -2.16. The second-order valence-corrected chi connectivity index (χ2v) is 3.61. The third-order valence-electron chi connectivity index (χ3n) is 2.14. The molecule has 96 valence electrons. The van der Waals surface area contributed by atoms with Gasteiger partial charge < -0.3 is 10.1 Å². The zero-order valence-electron chi connectivity index (χ0n) is 9.68. The lowest BCUT2D eigenvalue weighted by Gasteiger charge is -2.12. The van der Waals surface area contributed by atoms with E-state index in [0.717, 1.165) is 13.0 Å². The van der Waals surface area contributed by atoms with Crippen molar-refractivity contribution < 1.29 is 17.9 Å². The molecule has 1 aromatic carbocycles. The molecule has 2 nitrogen and oxygen atoms in total. The Morgan fingerprint density at radius 1 is 1.35 bits per heavy atom. The van der Waals surface area contributed by atoms with E-state index >= 15 is 0 Å². The van der Waals surface area contributed by atoms with Crippen molar-refractivity contribution in [2.24, 2.45) is 0 Å². The molecule has 0 amide bonds. The van der Waals surface area contributed by atoms with Gasteiger partial charge in [-0.15, -0.1) is 0 Å². The smallest absolute Gasteiger partial charge is 0.272 e. The fourth-order valence-corrected chi connectivity index (χ4v) is 1.40. The summed E-state index contributed by atoms with van der Waals surface area (Å²) in [5.74, 6) is -0.696. The lowest BCUT2D eigenvalue weighted by atomic mass is 10.2. The highest BCUT2D eigenvalue weighted by Crippen LogP contribution is 2.23. The molecule has 1 N–H and O–H groups in total. The largest absolute Gasteiger partial charge is 0.484 e. The zero-order chi connectivity index (χ0) is 12.7. The van der Waals surface area contributed by atoms with Gasteiger partial charge in [0, 0.05) is 12.1 Å². The highest BCUT2D eigenvalue weighted by molar-refractivity contribution is 5.34.